The van der Waals surface area contributed by atoms with E-state index < -0.39 is 41.5 Å². The molecule has 1 fully saturated rings. The molecule has 3 amide bonds. The topological polar surface area (TPSA) is 108 Å². The Morgan fingerprint density at radius 1 is 1.05 bits per heavy atom. The van der Waals surface area contributed by atoms with Crippen LogP contribution in [0.25, 0.3) is 12.2 Å². The van der Waals surface area contributed by atoms with Crippen molar-refractivity contribution in [2.75, 3.05) is 13.6 Å². The van der Waals surface area contributed by atoms with Gasteiger partial charge in [-0.2, -0.15) is 0 Å². The SMILES string of the molecule is C=C1/C=C\c2ccc(cc2C)/C=C/C(C)(C)C(=O)N(C)C(C(C)C)C(=O)N[C@@H](C)C(=O)N2CCC[C@H](N2)C(=O)O[C@@H]1C.CC. The van der Waals surface area contributed by atoms with Gasteiger partial charge in [0.1, 0.15) is 24.2 Å². The molecule has 9 nitrogen and oxygen atoms in total. The Bertz CT molecular complexity index is 1280. The Morgan fingerprint density at radius 2 is 1.70 bits per heavy atom. The van der Waals surface area contributed by atoms with Gasteiger partial charge in [0.15, 0.2) is 0 Å². The highest BCUT2D eigenvalue weighted by Gasteiger charge is 2.38. The summed E-state index contributed by atoms with van der Waals surface area (Å²) in [6.07, 6.45) is 8.07. The molecule has 1 aromatic carbocycles. The third-order valence-corrected chi connectivity index (χ3v) is 7.93. The second kappa shape index (κ2) is 15.8. The Balaban J connectivity index is 0.00000330. The van der Waals surface area contributed by atoms with Crippen LogP contribution in [0.3, 0.4) is 0 Å². The van der Waals surface area contributed by atoms with E-state index in [-0.39, 0.29) is 17.7 Å². The van der Waals surface area contributed by atoms with Crippen molar-refractivity contribution in [3.05, 3.63) is 59.2 Å². The van der Waals surface area contributed by atoms with E-state index in [1.165, 1.54) is 9.91 Å². The summed E-state index contributed by atoms with van der Waals surface area (Å²) in [7, 11) is 1.62. The fraction of sp³-hybridized carbons (Fsp3) is 0.543. The summed E-state index contributed by atoms with van der Waals surface area (Å²) in [5, 5.41) is 4.17. The van der Waals surface area contributed by atoms with Crippen molar-refractivity contribution in [1.82, 2.24) is 20.7 Å². The highest BCUT2D eigenvalue weighted by molar-refractivity contribution is 5.94. The lowest BCUT2D eigenvalue weighted by Crippen LogP contribution is -2.61. The Morgan fingerprint density at radius 3 is 2.32 bits per heavy atom. The summed E-state index contributed by atoms with van der Waals surface area (Å²) in [6.45, 7) is 21.2. The number of hydrogen-bond acceptors (Lipinski definition) is 6. The van der Waals surface area contributed by atoms with Gasteiger partial charge in [-0.15, -0.1) is 0 Å². The Hall–Kier alpha value is -3.72. The molecule has 242 valence electrons. The maximum Gasteiger partial charge on any atom is 0.325 e. The minimum atomic E-state index is -0.890. The van der Waals surface area contributed by atoms with Crippen molar-refractivity contribution in [2.24, 2.45) is 11.3 Å². The van der Waals surface area contributed by atoms with Gasteiger partial charge in [0, 0.05) is 13.6 Å². The number of amides is 3. The number of ether oxygens (including phenoxy) is 1. The monoisotopic (exact) mass is 608 g/mol. The zero-order chi connectivity index (χ0) is 33.4. The first-order valence-electron chi connectivity index (χ1n) is 15.6. The van der Waals surface area contributed by atoms with Crippen molar-refractivity contribution in [3.63, 3.8) is 0 Å². The number of aryl methyl sites for hydroxylation is 1. The smallest absolute Gasteiger partial charge is 0.325 e. The highest BCUT2D eigenvalue weighted by atomic mass is 16.5. The zero-order valence-electron chi connectivity index (χ0n) is 28.2. The van der Waals surface area contributed by atoms with Crippen molar-refractivity contribution >= 4 is 35.8 Å². The molecule has 2 N–H and O–H groups in total. The number of fused-ring (bicyclic) bond motifs is 14. The van der Waals surface area contributed by atoms with Crippen molar-refractivity contribution in [3.8, 4) is 0 Å². The van der Waals surface area contributed by atoms with Gasteiger partial charge in [0.05, 0.1) is 5.41 Å². The van der Waals surface area contributed by atoms with E-state index in [4.69, 9.17) is 4.74 Å². The number of likely N-dealkylation sites (N-methyl/N-ethyl adjacent to an activating group) is 1. The van der Waals surface area contributed by atoms with E-state index in [1.807, 2.05) is 91.0 Å². The summed E-state index contributed by atoms with van der Waals surface area (Å²) in [6, 6.07) is 3.62. The number of hydrazine groups is 1. The Kier molecular flexibility index (Phi) is 13.1. The maximum atomic E-state index is 13.7. The molecule has 44 heavy (non-hydrogen) atoms. The van der Waals surface area contributed by atoms with Crippen LogP contribution in [-0.4, -0.2) is 71.4 Å². The number of nitrogens with one attached hydrogen (secondary N) is 2. The number of esters is 1. The average molecular weight is 609 g/mol. The lowest BCUT2D eigenvalue weighted by molar-refractivity contribution is -0.155. The van der Waals surface area contributed by atoms with Crippen LogP contribution in [0.15, 0.2) is 42.5 Å². The van der Waals surface area contributed by atoms with E-state index in [2.05, 4.69) is 17.3 Å². The van der Waals surface area contributed by atoms with Crippen LogP contribution in [0.1, 0.15) is 84.9 Å². The molecular formula is C35H52N4O5. The van der Waals surface area contributed by atoms with Gasteiger partial charge in [-0.1, -0.05) is 76.8 Å². The van der Waals surface area contributed by atoms with E-state index in [0.717, 1.165) is 16.7 Å². The standard InChI is InChI=1S/C33H46N4O5.C2H6/c1-20(2)28-29(38)34-23(5)30(39)37-18-10-11-27(35-37)31(40)42-24(6)21(3)12-14-26-15-13-25(19-22(26)4)16-17-33(7,8)32(41)36(28)9;1-2/h12-17,19-20,23-24,27-28,35H,3,10-11,18H2,1-2,4-9H3,(H,34,38);1-2H3/b14-12-,17-16+;/t23-,24+,27-,28?;/m0./s1. The van der Waals surface area contributed by atoms with Crippen LogP contribution >= 0.6 is 0 Å². The number of rotatable bonds is 1. The van der Waals surface area contributed by atoms with Crippen molar-refractivity contribution in [1.29, 1.82) is 0 Å². The lowest BCUT2D eigenvalue weighted by Gasteiger charge is -2.37. The molecule has 1 aromatic rings. The molecule has 3 aliphatic heterocycles. The summed E-state index contributed by atoms with van der Waals surface area (Å²) in [4.78, 5) is 54.9. The molecule has 0 aromatic heterocycles. The number of carbonyl (C=O) groups excluding carboxylic acids is 4. The highest BCUT2D eigenvalue weighted by Crippen LogP contribution is 2.26. The molecule has 0 radical (unpaired) electrons. The number of nitrogens with zero attached hydrogens (tertiary/aromatic N) is 2. The maximum absolute atomic E-state index is 13.7. The normalized spacial score (nSPS) is 26.8. The molecule has 4 bridgehead atoms. The molecule has 1 saturated heterocycles. The van der Waals surface area contributed by atoms with Crippen molar-refractivity contribution in [2.45, 2.75) is 99.4 Å². The second-order valence-corrected chi connectivity index (χ2v) is 12.3. The van der Waals surface area contributed by atoms with Gasteiger partial charge in [0.25, 0.3) is 5.91 Å². The molecule has 0 spiro atoms. The van der Waals surface area contributed by atoms with E-state index in [9.17, 15) is 19.2 Å². The molecule has 0 saturated carbocycles. The summed E-state index contributed by atoms with van der Waals surface area (Å²) >= 11 is 0. The minimum absolute atomic E-state index is 0.206. The number of carbonyl (C=O) groups is 4. The third kappa shape index (κ3) is 9.14. The van der Waals surface area contributed by atoms with E-state index >= 15 is 0 Å². The summed E-state index contributed by atoms with van der Waals surface area (Å²) < 4.78 is 5.69. The zero-order valence-corrected chi connectivity index (χ0v) is 28.2. The lowest BCUT2D eigenvalue weighted by atomic mass is 9.88. The van der Waals surface area contributed by atoms with E-state index in [0.29, 0.717) is 25.0 Å². The number of benzene rings is 1. The van der Waals surface area contributed by atoms with Crippen LogP contribution in [0.2, 0.25) is 0 Å². The fourth-order valence-electron chi connectivity index (χ4n) is 5.25. The van der Waals surface area contributed by atoms with E-state index in [1.54, 1.807) is 20.9 Å². The Labute approximate surface area is 263 Å². The second-order valence-electron chi connectivity index (χ2n) is 12.3. The molecule has 3 aliphatic rings. The largest absolute Gasteiger partial charge is 0.457 e. The average Bonchev–Trinajstić information content (AvgIpc) is 2.98. The quantitative estimate of drug-likeness (QED) is 0.432. The van der Waals surface area contributed by atoms with Crippen LogP contribution < -0.4 is 10.7 Å². The first-order valence-corrected chi connectivity index (χ1v) is 15.6. The molecule has 4 rings (SSSR count). The van der Waals surface area contributed by atoms with Gasteiger partial charge < -0.3 is 15.0 Å². The van der Waals surface area contributed by atoms with Crippen LogP contribution in [0, 0.1) is 18.3 Å². The first-order chi connectivity index (χ1) is 20.6. The van der Waals surface area contributed by atoms with Crippen LogP contribution in [0.4, 0.5) is 0 Å². The molecule has 4 atom stereocenters. The van der Waals surface area contributed by atoms with Gasteiger partial charge in [-0.3, -0.25) is 24.2 Å². The van der Waals surface area contributed by atoms with Gasteiger partial charge >= 0.3 is 5.97 Å². The van der Waals surface area contributed by atoms with Gasteiger partial charge in [-0.05, 0) is 75.6 Å². The molecule has 3 heterocycles. The number of hydrogen-bond donors (Lipinski definition) is 2. The summed E-state index contributed by atoms with van der Waals surface area (Å²) in [5.41, 5.74) is 5.68. The van der Waals surface area contributed by atoms with Gasteiger partial charge in [-0.25, -0.2) is 5.43 Å². The summed E-state index contributed by atoms with van der Waals surface area (Å²) in [5.74, 6) is -1.69. The van der Waals surface area contributed by atoms with Crippen molar-refractivity contribution < 1.29 is 23.9 Å². The predicted molar refractivity (Wildman–Crippen MR) is 176 cm³/mol. The molecule has 0 aliphatic carbocycles. The fourth-order valence-corrected chi connectivity index (χ4v) is 5.25. The molecule has 1 unspecified atom stereocenters. The third-order valence-electron chi connectivity index (χ3n) is 7.93. The predicted octanol–water partition coefficient (Wildman–Crippen LogP) is 5.06. The van der Waals surface area contributed by atoms with Crippen LogP contribution in [-0.2, 0) is 23.9 Å². The van der Waals surface area contributed by atoms with Crippen LogP contribution in [0.5, 0.6) is 0 Å². The van der Waals surface area contributed by atoms with Gasteiger partial charge in [0.2, 0.25) is 11.8 Å². The minimum Gasteiger partial charge on any atom is -0.457 e. The first kappa shape index (κ1) is 36.5. The molecular weight excluding hydrogens is 556 g/mol. The molecule has 9 heteroatoms.